The molecule has 0 bridgehead atoms. The van der Waals surface area contributed by atoms with E-state index in [2.05, 4.69) is 15.5 Å². The topological polar surface area (TPSA) is 80.4 Å². The zero-order valence-electron chi connectivity index (χ0n) is 11.3. The Morgan fingerprint density at radius 1 is 1.41 bits per heavy atom. The zero-order chi connectivity index (χ0) is 15.4. The summed E-state index contributed by atoms with van der Waals surface area (Å²) in [7, 11) is 5.19. The van der Waals surface area contributed by atoms with Crippen LogP contribution >= 0.6 is 43.2 Å². The number of nitrogens with two attached hydrogens (primary N) is 1. The van der Waals surface area contributed by atoms with Crippen LogP contribution in [0, 0.1) is 4.91 Å². The molecule has 1 unspecified atom stereocenters. The number of nitroso groups, excluding NO2 is 1. The second kappa shape index (κ2) is 7.49. The zero-order valence-corrected chi connectivity index (χ0v) is 14.5. The van der Waals surface area contributed by atoms with E-state index in [1.807, 2.05) is 24.4 Å². The number of fused-ring (bicyclic) bond motifs is 1. The number of benzene rings is 1. The Hall–Kier alpha value is -1.03. The van der Waals surface area contributed by atoms with Crippen molar-refractivity contribution >= 4 is 60.2 Å². The number of nitrogens with zero attached hydrogens (tertiary/aromatic N) is 2. The molecule has 3 rings (SSSR count). The van der Waals surface area contributed by atoms with Crippen LogP contribution in [0.2, 0.25) is 0 Å². The first kappa shape index (κ1) is 15.9. The molecule has 2 aromatic rings. The van der Waals surface area contributed by atoms with Crippen molar-refractivity contribution in [3.8, 4) is 0 Å². The molecule has 0 amide bonds. The van der Waals surface area contributed by atoms with E-state index in [9.17, 15) is 4.91 Å². The summed E-state index contributed by atoms with van der Waals surface area (Å²) in [5.41, 5.74) is 8.52. The van der Waals surface area contributed by atoms with Gasteiger partial charge in [0.15, 0.2) is 0 Å². The van der Waals surface area contributed by atoms with E-state index in [-0.39, 0.29) is 4.71 Å². The Morgan fingerprint density at radius 3 is 3.14 bits per heavy atom. The lowest BCUT2D eigenvalue weighted by molar-refractivity contribution is 1.15. The number of rotatable bonds is 6. The van der Waals surface area contributed by atoms with Gasteiger partial charge in [-0.25, -0.2) is 4.98 Å². The number of hydrogen-bond acceptors (Lipinski definition) is 9. The number of nitrogens with one attached hydrogen (secondary N) is 1. The van der Waals surface area contributed by atoms with Gasteiger partial charge in [-0.05, 0) is 55.6 Å². The second-order valence-corrected chi connectivity index (χ2v) is 10.00. The van der Waals surface area contributed by atoms with E-state index in [4.69, 9.17) is 5.73 Å². The number of thioether (sulfide) groups is 1. The molecule has 5 nitrogen and oxygen atoms in total. The SMILES string of the molecule is Nc1ccc(CSSSC2Nc3cccnc3S2)cc1N=O. The molecule has 0 fully saturated rings. The summed E-state index contributed by atoms with van der Waals surface area (Å²) >= 11 is 1.72. The van der Waals surface area contributed by atoms with E-state index >= 15 is 0 Å². The lowest BCUT2D eigenvalue weighted by atomic mass is 10.2. The van der Waals surface area contributed by atoms with Crippen molar-refractivity contribution < 1.29 is 0 Å². The molecule has 1 atom stereocenters. The van der Waals surface area contributed by atoms with Gasteiger partial charge in [-0.3, -0.25) is 0 Å². The molecule has 0 saturated carbocycles. The van der Waals surface area contributed by atoms with Crippen LogP contribution in [0.25, 0.3) is 0 Å². The number of pyridine rings is 1. The fourth-order valence-electron chi connectivity index (χ4n) is 1.81. The van der Waals surface area contributed by atoms with Gasteiger partial charge < -0.3 is 11.1 Å². The first-order valence-corrected chi connectivity index (χ1v) is 10.9. The van der Waals surface area contributed by atoms with Crippen molar-refractivity contribution in [1.29, 1.82) is 0 Å². The molecule has 2 heterocycles. The quantitative estimate of drug-likeness (QED) is 0.316. The normalized spacial score (nSPS) is 16.1. The maximum Gasteiger partial charge on any atom is 0.136 e. The molecular weight excluding hydrogens is 356 g/mol. The molecule has 1 aliphatic heterocycles. The lowest BCUT2D eigenvalue weighted by Crippen LogP contribution is -2.01. The van der Waals surface area contributed by atoms with Gasteiger partial charge >= 0.3 is 0 Å². The van der Waals surface area contributed by atoms with Crippen LogP contribution < -0.4 is 11.1 Å². The molecular formula is C13H12N4OS4. The Morgan fingerprint density at radius 2 is 2.32 bits per heavy atom. The van der Waals surface area contributed by atoms with Crippen LogP contribution in [0.1, 0.15) is 5.56 Å². The first-order chi connectivity index (χ1) is 10.8. The highest BCUT2D eigenvalue weighted by molar-refractivity contribution is 9.09. The minimum absolute atomic E-state index is 0.265. The molecule has 1 aromatic heterocycles. The van der Waals surface area contributed by atoms with Crippen LogP contribution in [0.3, 0.4) is 0 Å². The summed E-state index contributed by atoms with van der Waals surface area (Å²) < 4.78 is 0.265. The number of hydrogen-bond donors (Lipinski definition) is 2. The van der Waals surface area contributed by atoms with Crippen molar-refractivity contribution in [3.63, 3.8) is 0 Å². The van der Waals surface area contributed by atoms with E-state index in [0.717, 1.165) is 22.0 Å². The van der Waals surface area contributed by atoms with Crippen LogP contribution in [-0.4, -0.2) is 9.69 Å². The molecule has 0 saturated heterocycles. The van der Waals surface area contributed by atoms with E-state index in [1.54, 1.807) is 55.3 Å². The predicted octanol–water partition coefficient (Wildman–Crippen LogP) is 5.09. The highest BCUT2D eigenvalue weighted by atomic mass is 33.5. The summed E-state index contributed by atoms with van der Waals surface area (Å²) in [6, 6.07) is 9.35. The predicted molar refractivity (Wildman–Crippen MR) is 100 cm³/mol. The molecule has 3 N–H and O–H groups in total. The minimum Gasteiger partial charge on any atom is -0.397 e. The van der Waals surface area contributed by atoms with Crippen molar-refractivity contribution in [2.45, 2.75) is 15.5 Å². The van der Waals surface area contributed by atoms with E-state index < -0.39 is 0 Å². The van der Waals surface area contributed by atoms with Crippen molar-refractivity contribution in [1.82, 2.24) is 4.98 Å². The molecule has 1 aromatic carbocycles. The molecule has 0 radical (unpaired) electrons. The van der Waals surface area contributed by atoms with Crippen molar-refractivity contribution in [2.24, 2.45) is 5.18 Å². The highest BCUT2D eigenvalue weighted by Crippen LogP contribution is 2.49. The fraction of sp³-hybridized carbons (Fsp3) is 0.154. The Bertz CT molecular complexity index is 660. The molecule has 22 heavy (non-hydrogen) atoms. The molecule has 9 heteroatoms. The van der Waals surface area contributed by atoms with Crippen LogP contribution in [0.5, 0.6) is 0 Å². The van der Waals surface area contributed by atoms with Gasteiger partial charge in [0.1, 0.15) is 15.4 Å². The summed E-state index contributed by atoms with van der Waals surface area (Å²) in [6.07, 6.45) is 1.81. The summed E-state index contributed by atoms with van der Waals surface area (Å²) in [5, 5.41) is 7.39. The Balaban J connectivity index is 1.44. The second-order valence-electron chi connectivity index (χ2n) is 4.36. The standard InChI is InChI=1S/C13H12N4OS4/c14-9-4-3-8(6-11(9)17-18)7-19-22-21-13-16-10-2-1-5-15-12(10)20-13/h1-6,13,16H,7,14H2. The monoisotopic (exact) mass is 368 g/mol. The van der Waals surface area contributed by atoms with Crippen LogP contribution in [0.4, 0.5) is 17.1 Å². The van der Waals surface area contributed by atoms with E-state index in [0.29, 0.717) is 11.4 Å². The summed E-state index contributed by atoms with van der Waals surface area (Å²) in [6.45, 7) is 0. The summed E-state index contributed by atoms with van der Waals surface area (Å²) in [4.78, 5) is 15.0. The maximum atomic E-state index is 10.6. The van der Waals surface area contributed by atoms with Gasteiger partial charge in [0, 0.05) is 11.9 Å². The van der Waals surface area contributed by atoms with Crippen LogP contribution in [0.15, 0.2) is 46.7 Å². The fourth-order valence-corrected chi connectivity index (χ4v) is 7.54. The smallest absolute Gasteiger partial charge is 0.136 e. The van der Waals surface area contributed by atoms with Gasteiger partial charge in [0.05, 0.1) is 11.4 Å². The van der Waals surface area contributed by atoms with E-state index in [1.165, 1.54) is 0 Å². The summed E-state index contributed by atoms with van der Waals surface area (Å²) in [5.74, 6) is 0.795. The molecule has 0 spiro atoms. The molecule has 1 aliphatic rings. The van der Waals surface area contributed by atoms with Gasteiger partial charge in [0.2, 0.25) is 0 Å². The van der Waals surface area contributed by atoms with Gasteiger partial charge in [-0.2, -0.15) is 0 Å². The lowest BCUT2D eigenvalue weighted by Gasteiger charge is -2.08. The molecule has 0 aliphatic carbocycles. The van der Waals surface area contributed by atoms with Gasteiger partial charge in [-0.1, -0.05) is 28.6 Å². The first-order valence-electron chi connectivity index (χ1n) is 6.31. The number of aromatic nitrogens is 1. The largest absolute Gasteiger partial charge is 0.397 e. The molecule has 114 valence electrons. The minimum atomic E-state index is 0.265. The Labute approximate surface area is 143 Å². The Kier molecular flexibility index (Phi) is 5.40. The van der Waals surface area contributed by atoms with Crippen molar-refractivity contribution in [2.75, 3.05) is 11.1 Å². The highest BCUT2D eigenvalue weighted by Gasteiger charge is 2.22. The average Bonchev–Trinajstić information content (AvgIpc) is 2.95. The third-order valence-corrected chi connectivity index (χ3v) is 8.63. The van der Waals surface area contributed by atoms with Gasteiger partial charge in [-0.15, -0.1) is 4.91 Å². The van der Waals surface area contributed by atoms with Gasteiger partial charge in [0.25, 0.3) is 0 Å². The number of nitrogen functional groups attached to an aromatic ring is 1. The van der Waals surface area contributed by atoms with Crippen LogP contribution in [-0.2, 0) is 5.75 Å². The maximum absolute atomic E-state index is 10.6. The van der Waals surface area contributed by atoms with Crippen molar-refractivity contribution in [3.05, 3.63) is 47.0 Å². The average molecular weight is 369 g/mol. The third kappa shape index (κ3) is 3.83. The third-order valence-electron chi connectivity index (χ3n) is 2.86. The number of anilines is 2.